The highest BCUT2D eigenvalue weighted by Gasteiger charge is 2.27. The van der Waals surface area contributed by atoms with Gasteiger partial charge in [0.15, 0.2) is 0 Å². The molecule has 0 saturated heterocycles. The molecule has 0 radical (unpaired) electrons. The molecule has 1 aliphatic rings. The standard InChI is InChI=1S/C25H27N5O4S/c1-15(18-4-3-7-27-12-18)8-23(31)29-24-21(11-26)20-6-5-17(10-22(20)35-24)14-33-25(32)28-13-19-9-16(2)34-30-19/h3-4,7,9,12,15,17H,5-6,8,10,13-14H2,1-2H3,(H,28,32)(H,29,31). The minimum absolute atomic E-state index is 0.0183. The second kappa shape index (κ2) is 11.1. The van der Waals surface area contributed by atoms with Crippen LogP contribution in [0.5, 0.6) is 0 Å². The first-order valence-electron chi connectivity index (χ1n) is 11.5. The van der Waals surface area contributed by atoms with Crippen LogP contribution in [-0.4, -0.2) is 28.7 Å². The number of carbonyl (C=O) groups excluding carboxylic acids is 2. The van der Waals surface area contributed by atoms with Gasteiger partial charge in [0.1, 0.15) is 22.5 Å². The van der Waals surface area contributed by atoms with Crippen molar-refractivity contribution >= 4 is 28.3 Å². The van der Waals surface area contributed by atoms with E-state index in [0.717, 1.165) is 22.4 Å². The van der Waals surface area contributed by atoms with Crippen LogP contribution in [0.1, 0.15) is 58.7 Å². The molecule has 35 heavy (non-hydrogen) atoms. The zero-order valence-corrected chi connectivity index (χ0v) is 20.5. The molecule has 0 aromatic carbocycles. The Kier molecular flexibility index (Phi) is 7.77. The van der Waals surface area contributed by atoms with E-state index < -0.39 is 6.09 Å². The minimum Gasteiger partial charge on any atom is -0.449 e. The van der Waals surface area contributed by atoms with E-state index in [9.17, 15) is 14.9 Å². The number of rotatable bonds is 8. The Balaban J connectivity index is 1.30. The summed E-state index contributed by atoms with van der Waals surface area (Å²) in [5.41, 5.74) is 3.17. The van der Waals surface area contributed by atoms with Crippen molar-refractivity contribution in [3.05, 3.63) is 63.6 Å². The molecule has 0 aliphatic heterocycles. The molecule has 3 heterocycles. The van der Waals surface area contributed by atoms with Crippen LogP contribution in [0.2, 0.25) is 0 Å². The third-order valence-electron chi connectivity index (χ3n) is 6.02. The smallest absolute Gasteiger partial charge is 0.407 e. The van der Waals surface area contributed by atoms with Crippen LogP contribution in [0.3, 0.4) is 0 Å². The molecule has 10 heteroatoms. The third kappa shape index (κ3) is 6.25. The van der Waals surface area contributed by atoms with Gasteiger partial charge in [0.2, 0.25) is 5.91 Å². The van der Waals surface area contributed by atoms with Gasteiger partial charge in [0.05, 0.1) is 18.7 Å². The number of nitrogens with one attached hydrogen (secondary N) is 2. The summed E-state index contributed by atoms with van der Waals surface area (Å²) in [4.78, 5) is 29.9. The maximum absolute atomic E-state index is 12.7. The van der Waals surface area contributed by atoms with Crippen molar-refractivity contribution in [2.75, 3.05) is 11.9 Å². The summed E-state index contributed by atoms with van der Waals surface area (Å²) in [7, 11) is 0. The lowest BCUT2D eigenvalue weighted by atomic mass is 9.88. The van der Waals surface area contributed by atoms with Crippen LogP contribution in [0.25, 0.3) is 0 Å². The summed E-state index contributed by atoms with van der Waals surface area (Å²) in [5.74, 6) is 0.724. The lowest BCUT2D eigenvalue weighted by molar-refractivity contribution is -0.116. The van der Waals surface area contributed by atoms with E-state index >= 15 is 0 Å². The molecule has 0 bridgehead atoms. The van der Waals surface area contributed by atoms with Crippen molar-refractivity contribution in [1.29, 1.82) is 5.26 Å². The number of amides is 2. The predicted octanol–water partition coefficient (Wildman–Crippen LogP) is 4.47. The van der Waals surface area contributed by atoms with Crippen molar-refractivity contribution in [1.82, 2.24) is 15.5 Å². The number of anilines is 1. The van der Waals surface area contributed by atoms with Gasteiger partial charge in [0.25, 0.3) is 0 Å². The molecule has 2 unspecified atom stereocenters. The molecule has 2 N–H and O–H groups in total. The van der Waals surface area contributed by atoms with Crippen molar-refractivity contribution in [3.63, 3.8) is 0 Å². The first-order chi connectivity index (χ1) is 16.9. The highest BCUT2D eigenvalue weighted by Crippen LogP contribution is 2.39. The predicted molar refractivity (Wildman–Crippen MR) is 130 cm³/mol. The number of nitrogens with zero attached hydrogens (tertiary/aromatic N) is 3. The van der Waals surface area contributed by atoms with E-state index in [4.69, 9.17) is 9.26 Å². The summed E-state index contributed by atoms with van der Waals surface area (Å²) in [6.45, 7) is 4.29. The van der Waals surface area contributed by atoms with E-state index in [1.54, 1.807) is 25.4 Å². The molecule has 0 spiro atoms. The molecule has 1 aliphatic carbocycles. The average Bonchev–Trinajstić information content (AvgIpc) is 3.43. The maximum Gasteiger partial charge on any atom is 0.407 e. The summed E-state index contributed by atoms with van der Waals surface area (Å²) in [5, 5.41) is 19.8. The average molecular weight is 494 g/mol. The zero-order valence-electron chi connectivity index (χ0n) is 19.7. The summed E-state index contributed by atoms with van der Waals surface area (Å²) in [6, 6.07) is 7.83. The number of fused-ring (bicyclic) bond motifs is 1. The fourth-order valence-corrected chi connectivity index (χ4v) is 5.48. The summed E-state index contributed by atoms with van der Waals surface area (Å²) >= 11 is 1.44. The van der Waals surface area contributed by atoms with Crippen molar-refractivity contribution in [2.24, 2.45) is 5.92 Å². The highest BCUT2D eigenvalue weighted by molar-refractivity contribution is 7.16. The Morgan fingerprint density at radius 2 is 2.29 bits per heavy atom. The van der Waals surface area contributed by atoms with Gasteiger partial charge in [0, 0.05) is 29.8 Å². The van der Waals surface area contributed by atoms with Crippen molar-refractivity contribution in [3.8, 4) is 6.07 Å². The molecule has 4 rings (SSSR count). The van der Waals surface area contributed by atoms with Crippen molar-refractivity contribution < 1.29 is 18.8 Å². The Morgan fingerprint density at radius 3 is 3.00 bits per heavy atom. The SMILES string of the molecule is Cc1cc(CNC(=O)OCC2CCc3c(sc(NC(=O)CC(C)c4cccnc4)c3C#N)C2)no1. The Labute approximate surface area is 207 Å². The Morgan fingerprint density at radius 1 is 1.43 bits per heavy atom. The van der Waals surface area contributed by atoms with Crippen LogP contribution < -0.4 is 10.6 Å². The molecule has 0 saturated carbocycles. The van der Waals surface area contributed by atoms with E-state index in [0.29, 0.717) is 41.3 Å². The van der Waals surface area contributed by atoms with Gasteiger partial charge < -0.3 is 19.9 Å². The molecule has 2 amide bonds. The van der Waals surface area contributed by atoms with Gasteiger partial charge >= 0.3 is 6.09 Å². The molecule has 2 atom stereocenters. The topological polar surface area (TPSA) is 130 Å². The maximum atomic E-state index is 12.7. The van der Waals surface area contributed by atoms with Crippen molar-refractivity contribution in [2.45, 2.75) is 52.0 Å². The Bertz CT molecular complexity index is 1230. The first-order valence-corrected chi connectivity index (χ1v) is 12.3. The highest BCUT2D eigenvalue weighted by atomic mass is 32.1. The largest absolute Gasteiger partial charge is 0.449 e. The lowest BCUT2D eigenvalue weighted by Gasteiger charge is -2.21. The van der Waals surface area contributed by atoms with Gasteiger partial charge in [-0.15, -0.1) is 11.3 Å². The van der Waals surface area contributed by atoms with Gasteiger partial charge in [-0.1, -0.05) is 18.1 Å². The van der Waals surface area contributed by atoms with Crippen LogP contribution >= 0.6 is 11.3 Å². The van der Waals surface area contributed by atoms with E-state index in [1.807, 2.05) is 19.1 Å². The third-order valence-corrected chi connectivity index (χ3v) is 7.19. The number of ether oxygens (including phenoxy) is 1. The fourth-order valence-electron chi connectivity index (χ4n) is 4.15. The van der Waals surface area contributed by atoms with E-state index in [2.05, 4.69) is 26.8 Å². The van der Waals surface area contributed by atoms with Gasteiger partial charge in [-0.25, -0.2) is 4.79 Å². The van der Waals surface area contributed by atoms with Gasteiger partial charge in [-0.05, 0) is 55.2 Å². The lowest BCUT2D eigenvalue weighted by Crippen LogP contribution is -2.27. The summed E-state index contributed by atoms with van der Waals surface area (Å²) in [6.07, 6.45) is 5.49. The second-order valence-corrected chi connectivity index (χ2v) is 9.85. The molecular formula is C25H27N5O4S. The molecule has 182 valence electrons. The monoisotopic (exact) mass is 493 g/mol. The number of hydrogen-bond donors (Lipinski definition) is 2. The van der Waals surface area contributed by atoms with Crippen LogP contribution in [0, 0.1) is 24.2 Å². The number of thiophene rings is 1. The fraction of sp³-hybridized carbons (Fsp3) is 0.400. The first kappa shape index (κ1) is 24.4. The number of alkyl carbamates (subject to hydrolysis) is 1. The van der Waals surface area contributed by atoms with Gasteiger partial charge in [-0.3, -0.25) is 9.78 Å². The second-order valence-electron chi connectivity index (χ2n) is 8.75. The summed E-state index contributed by atoms with van der Waals surface area (Å²) < 4.78 is 10.4. The quantitative estimate of drug-likeness (QED) is 0.473. The molecule has 3 aromatic rings. The number of hydrogen-bond acceptors (Lipinski definition) is 8. The van der Waals surface area contributed by atoms with E-state index in [-0.39, 0.29) is 30.9 Å². The number of carbonyl (C=O) groups is 2. The van der Waals surface area contributed by atoms with Crippen LogP contribution in [-0.2, 0) is 28.9 Å². The molecule has 9 nitrogen and oxygen atoms in total. The normalized spacial score (nSPS) is 15.5. The minimum atomic E-state index is -0.504. The van der Waals surface area contributed by atoms with E-state index in [1.165, 1.54) is 11.3 Å². The molecule has 0 fully saturated rings. The number of pyridine rings is 1. The number of aryl methyl sites for hydroxylation is 1. The zero-order chi connectivity index (χ0) is 24.8. The molecular weight excluding hydrogens is 466 g/mol. The van der Waals surface area contributed by atoms with Crippen LogP contribution in [0.4, 0.5) is 9.80 Å². The molecule has 3 aromatic heterocycles. The van der Waals surface area contributed by atoms with Gasteiger partial charge in [-0.2, -0.15) is 5.26 Å². The number of aromatic nitrogens is 2. The van der Waals surface area contributed by atoms with Crippen LogP contribution in [0.15, 0.2) is 35.1 Å². The number of nitriles is 1. The Hall–Kier alpha value is -3.71.